The zero-order chi connectivity index (χ0) is 14.4. The third kappa shape index (κ3) is 4.03. The van der Waals surface area contributed by atoms with E-state index >= 15 is 0 Å². The number of hydrogen-bond donors (Lipinski definition) is 1. The van der Waals surface area contributed by atoms with Crippen molar-refractivity contribution in [3.63, 3.8) is 0 Å². The van der Waals surface area contributed by atoms with Gasteiger partial charge >= 0.3 is 0 Å². The number of rotatable bonds is 6. The van der Waals surface area contributed by atoms with E-state index in [0.717, 1.165) is 18.5 Å². The number of benzene rings is 1. The Bertz CT molecular complexity index is 542. The molecule has 0 saturated heterocycles. The minimum absolute atomic E-state index is 0.132. The van der Waals surface area contributed by atoms with Crippen LogP contribution in [0, 0.1) is 5.82 Å². The molecule has 1 heterocycles. The zero-order valence-electron chi connectivity index (χ0n) is 11.6. The van der Waals surface area contributed by atoms with E-state index in [1.54, 1.807) is 24.4 Å². The quantitative estimate of drug-likeness (QED) is 0.880. The first-order chi connectivity index (χ1) is 9.69. The van der Waals surface area contributed by atoms with Crippen LogP contribution in [0.1, 0.15) is 24.6 Å². The van der Waals surface area contributed by atoms with Gasteiger partial charge in [0.2, 0.25) is 0 Å². The summed E-state index contributed by atoms with van der Waals surface area (Å²) in [6.07, 6.45) is 3.33. The Morgan fingerprint density at radius 1 is 1.25 bits per heavy atom. The van der Waals surface area contributed by atoms with Gasteiger partial charge in [0.25, 0.3) is 0 Å². The van der Waals surface area contributed by atoms with E-state index in [2.05, 4.69) is 11.9 Å². The van der Waals surface area contributed by atoms with E-state index in [4.69, 9.17) is 10.5 Å². The number of nitrogens with zero attached hydrogens (tertiary/aromatic N) is 1. The highest BCUT2D eigenvalue weighted by molar-refractivity contribution is 5.22. The van der Waals surface area contributed by atoms with Gasteiger partial charge < -0.3 is 10.5 Å². The summed E-state index contributed by atoms with van der Waals surface area (Å²) in [4.78, 5) is 4.30. The second-order valence-electron chi connectivity index (χ2n) is 4.74. The van der Waals surface area contributed by atoms with E-state index in [1.165, 1.54) is 6.07 Å². The molecule has 0 saturated carbocycles. The molecule has 0 aliphatic rings. The Balaban J connectivity index is 1.92. The molecular weight excluding hydrogens is 255 g/mol. The van der Waals surface area contributed by atoms with Crippen molar-refractivity contribution in [2.24, 2.45) is 5.73 Å². The van der Waals surface area contributed by atoms with Gasteiger partial charge in [0.1, 0.15) is 18.2 Å². The first-order valence-electron chi connectivity index (χ1n) is 6.75. The van der Waals surface area contributed by atoms with Crippen molar-refractivity contribution in [1.29, 1.82) is 0 Å². The van der Waals surface area contributed by atoms with E-state index < -0.39 is 0 Å². The highest BCUT2D eigenvalue weighted by Crippen LogP contribution is 2.14. The van der Waals surface area contributed by atoms with Crippen molar-refractivity contribution < 1.29 is 9.13 Å². The molecule has 106 valence electrons. The summed E-state index contributed by atoms with van der Waals surface area (Å²) < 4.78 is 19.0. The van der Waals surface area contributed by atoms with Gasteiger partial charge in [-0.2, -0.15) is 0 Å². The van der Waals surface area contributed by atoms with Gasteiger partial charge in [0.05, 0.1) is 6.20 Å². The normalized spacial score (nSPS) is 12.2. The van der Waals surface area contributed by atoms with Crippen LogP contribution in [-0.4, -0.2) is 11.0 Å². The standard InChI is InChI=1S/C16H19FN2O/c1-2-13(18)9-14-7-8-15(10-19-14)20-11-12-5-3-4-6-16(12)17/h3-8,10,13H,2,9,11,18H2,1H3. The maximum atomic E-state index is 13.4. The van der Waals surface area contributed by atoms with Gasteiger partial charge in [-0.25, -0.2) is 4.39 Å². The summed E-state index contributed by atoms with van der Waals surface area (Å²) in [6, 6.07) is 10.4. The van der Waals surface area contributed by atoms with E-state index in [0.29, 0.717) is 11.3 Å². The Hall–Kier alpha value is -1.94. The number of pyridine rings is 1. The molecule has 2 N–H and O–H groups in total. The Kier molecular flexibility index (Phi) is 5.07. The van der Waals surface area contributed by atoms with Crippen LogP contribution >= 0.6 is 0 Å². The lowest BCUT2D eigenvalue weighted by Crippen LogP contribution is -2.21. The number of ether oxygens (including phenoxy) is 1. The average Bonchev–Trinajstić information content (AvgIpc) is 2.48. The van der Waals surface area contributed by atoms with Gasteiger partial charge in [-0.1, -0.05) is 25.1 Å². The highest BCUT2D eigenvalue weighted by Gasteiger charge is 2.04. The van der Waals surface area contributed by atoms with E-state index in [1.807, 2.05) is 12.1 Å². The Labute approximate surface area is 118 Å². The van der Waals surface area contributed by atoms with Crippen LogP contribution < -0.4 is 10.5 Å². The minimum Gasteiger partial charge on any atom is -0.487 e. The molecule has 20 heavy (non-hydrogen) atoms. The fourth-order valence-corrected chi connectivity index (χ4v) is 1.81. The minimum atomic E-state index is -0.258. The van der Waals surface area contributed by atoms with E-state index in [9.17, 15) is 4.39 Å². The predicted octanol–water partition coefficient (Wildman–Crippen LogP) is 3.08. The van der Waals surface area contributed by atoms with Crippen LogP contribution in [0.3, 0.4) is 0 Å². The summed E-state index contributed by atoms with van der Waals surface area (Å²) >= 11 is 0. The van der Waals surface area contributed by atoms with Crippen LogP contribution in [0.15, 0.2) is 42.6 Å². The number of hydrogen-bond acceptors (Lipinski definition) is 3. The molecule has 2 aromatic rings. The molecule has 0 amide bonds. The zero-order valence-corrected chi connectivity index (χ0v) is 11.6. The summed E-state index contributed by atoms with van der Waals surface area (Å²) in [5, 5.41) is 0. The molecule has 1 unspecified atom stereocenters. The summed E-state index contributed by atoms with van der Waals surface area (Å²) in [5.41, 5.74) is 7.36. The number of nitrogens with two attached hydrogens (primary N) is 1. The first-order valence-corrected chi connectivity index (χ1v) is 6.75. The van der Waals surface area contributed by atoms with Crippen molar-refractivity contribution in [2.75, 3.05) is 0 Å². The maximum Gasteiger partial charge on any atom is 0.138 e. The molecule has 4 heteroatoms. The second kappa shape index (κ2) is 7.01. The molecule has 1 aromatic carbocycles. The molecule has 0 radical (unpaired) electrons. The van der Waals surface area contributed by atoms with Crippen LogP contribution in [0.2, 0.25) is 0 Å². The summed E-state index contributed by atoms with van der Waals surface area (Å²) in [5.74, 6) is 0.369. The fraction of sp³-hybridized carbons (Fsp3) is 0.312. The molecule has 0 spiro atoms. The number of halogens is 1. The maximum absolute atomic E-state index is 13.4. The largest absolute Gasteiger partial charge is 0.487 e. The smallest absolute Gasteiger partial charge is 0.138 e. The van der Waals surface area contributed by atoms with Gasteiger partial charge in [0.15, 0.2) is 0 Å². The fourth-order valence-electron chi connectivity index (χ4n) is 1.81. The Morgan fingerprint density at radius 3 is 2.70 bits per heavy atom. The molecule has 3 nitrogen and oxygen atoms in total. The summed E-state index contributed by atoms with van der Waals surface area (Å²) in [6.45, 7) is 2.25. The van der Waals surface area contributed by atoms with Crippen LogP contribution in [0.25, 0.3) is 0 Å². The van der Waals surface area contributed by atoms with Gasteiger partial charge in [0, 0.05) is 23.7 Å². The van der Waals surface area contributed by atoms with Crippen molar-refractivity contribution in [3.05, 3.63) is 59.7 Å². The second-order valence-corrected chi connectivity index (χ2v) is 4.74. The van der Waals surface area contributed by atoms with Crippen molar-refractivity contribution in [2.45, 2.75) is 32.4 Å². The van der Waals surface area contributed by atoms with Crippen molar-refractivity contribution in [1.82, 2.24) is 4.98 Å². The molecular formula is C16H19FN2O. The molecule has 0 fully saturated rings. The molecule has 2 rings (SSSR count). The van der Waals surface area contributed by atoms with Crippen molar-refractivity contribution >= 4 is 0 Å². The topological polar surface area (TPSA) is 48.1 Å². The lowest BCUT2D eigenvalue weighted by Gasteiger charge is -2.09. The van der Waals surface area contributed by atoms with Gasteiger partial charge in [-0.05, 0) is 24.6 Å². The SMILES string of the molecule is CCC(N)Cc1ccc(OCc2ccccc2F)cn1. The molecule has 1 aromatic heterocycles. The van der Waals surface area contributed by atoms with Crippen LogP contribution in [0.4, 0.5) is 4.39 Å². The lowest BCUT2D eigenvalue weighted by molar-refractivity contribution is 0.298. The van der Waals surface area contributed by atoms with Crippen LogP contribution in [0.5, 0.6) is 5.75 Å². The van der Waals surface area contributed by atoms with Crippen LogP contribution in [-0.2, 0) is 13.0 Å². The van der Waals surface area contributed by atoms with Gasteiger partial charge in [-0.15, -0.1) is 0 Å². The summed E-state index contributed by atoms with van der Waals surface area (Å²) in [7, 11) is 0. The molecule has 0 aliphatic carbocycles. The lowest BCUT2D eigenvalue weighted by atomic mass is 10.1. The first kappa shape index (κ1) is 14.5. The average molecular weight is 274 g/mol. The van der Waals surface area contributed by atoms with Gasteiger partial charge in [-0.3, -0.25) is 4.98 Å². The van der Waals surface area contributed by atoms with Crippen molar-refractivity contribution in [3.8, 4) is 5.75 Å². The predicted molar refractivity (Wildman–Crippen MR) is 76.9 cm³/mol. The third-order valence-corrected chi connectivity index (χ3v) is 3.15. The molecule has 0 aliphatic heterocycles. The molecule has 1 atom stereocenters. The highest BCUT2D eigenvalue weighted by atomic mass is 19.1. The monoisotopic (exact) mass is 274 g/mol. The number of aromatic nitrogens is 1. The Morgan fingerprint density at radius 2 is 2.05 bits per heavy atom. The third-order valence-electron chi connectivity index (χ3n) is 3.15. The molecule has 0 bridgehead atoms. The van der Waals surface area contributed by atoms with E-state index in [-0.39, 0.29) is 18.5 Å².